The van der Waals surface area contributed by atoms with Crippen LogP contribution in [-0.4, -0.2) is 43.0 Å². The van der Waals surface area contributed by atoms with Crippen molar-refractivity contribution in [3.8, 4) is 0 Å². The maximum atomic E-state index is 10.6. The Balaban J connectivity index is 0.000000877. The van der Waals surface area contributed by atoms with Crippen molar-refractivity contribution in [2.75, 3.05) is 19.8 Å². The van der Waals surface area contributed by atoms with Gasteiger partial charge in [-0.05, 0) is 88.0 Å². The van der Waals surface area contributed by atoms with Crippen LogP contribution in [0.2, 0.25) is 0 Å². The maximum Gasteiger partial charge on any atom is 0.293 e. The second-order valence-corrected chi connectivity index (χ2v) is 10.8. The smallest absolute Gasteiger partial charge is 0.293 e. The Labute approximate surface area is 225 Å². The molecule has 0 amide bonds. The Morgan fingerprint density at radius 1 is 1.05 bits per heavy atom. The Hall–Kier alpha value is -2.21. The van der Waals surface area contributed by atoms with Gasteiger partial charge in [0.1, 0.15) is 0 Å². The van der Waals surface area contributed by atoms with Crippen molar-refractivity contribution in [1.29, 1.82) is 0 Å². The fourth-order valence-corrected chi connectivity index (χ4v) is 5.18. The third-order valence-corrected chi connectivity index (χ3v) is 7.07. The lowest BCUT2D eigenvalue weighted by Gasteiger charge is -2.31. The fraction of sp³-hybridized carbons (Fsp3) is 0.594. The Kier molecular flexibility index (Phi) is 13.9. The first-order valence-electron chi connectivity index (χ1n) is 14.0. The van der Waals surface area contributed by atoms with Crippen LogP contribution in [-0.2, 0) is 33.5 Å². The Morgan fingerprint density at radius 3 is 2.30 bits per heavy atom. The molecule has 2 N–H and O–H groups in total. The number of carbonyl (C=O) groups excluding carboxylic acids is 1. The van der Waals surface area contributed by atoms with E-state index in [2.05, 4.69) is 86.3 Å². The van der Waals surface area contributed by atoms with Crippen molar-refractivity contribution in [1.82, 2.24) is 5.32 Å². The van der Waals surface area contributed by atoms with E-state index in [1.807, 2.05) is 0 Å². The number of ether oxygens (including phenoxy) is 2. The monoisotopic (exact) mass is 511 g/mol. The molecular formula is C32H49NO4. The summed E-state index contributed by atoms with van der Waals surface area (Å²) in [5, 5.41) is 14.2. The Morgan fingerprint density at radius 2 is 1.70 bits per heavy atom. The quantitative estimate of drug-likeness (QED) is 0.220. The summed E-state index contributed by atoms with van der Waals surface area (Å²) in [6, 6.07) is 17.4. The van der Waals surface area contributed by atoms with Crippen LogP contribution < -0.4 is 5.32 Å². The maximum absolute atomic E-state index is 10.6. The van der Waals surface area contributed by atoms with Crippen LogP contribution in [0.15, 0.2) is 48.5 Å². The minimum Gasteiger partial charge on any atom is -0.468 e. The van der Waals surface area contributed by atoms with E-state index in [0.717, 1.165) is 12.8 Å². The number of aryl methyl sites for hydroxylation is 1. The summed E-state index contributed by atoms with van der Waals surface area (Å²) >= 11 is 0. The molecule has 5 heteroatoms. The minimum absolute atomic E-state index is 0.00696. The van der Waals surface area contributed by atoms with Crippen LogP contribution >= 0.6 is 0 Å². The minimum atomic E-state index is -0.509. The van der Waals surface area contributed by atoms with E-state index in [0.29, 0.717) is 32.1 Å². The lowest BCUT2D eigenvalue weighted by molar-refractivity contribution is -0.128. The van der Waals surface area contributed by atoms with Gasteiger partial charge in [0.2, 0.25) is 0 Å². The topological polar surface area (TPSA) is 67.8 Å². The van der Waals surface area contributed by atoms with Gasteiger partial charge in [-0.25, -0.2) is 0 Å². The molecule has 0 bridgehead atoms. The SMILES string of the molecule is CCCCCc1ccccc1C(C)OCC(O)CNC(C)(C)CC1Cc2ccccc2C1.CCOC=O. The zero-order valence-electron chi connectivity index (χ0n) is 23.7. The molecular weight excluding hydrogens is 462 g/mol. The second kappa shape index (κ2) is 16.6. The first kappa shape index (κ1) is 31.0. The summed E-state index contributed by atoms with van der Waals surface area (Å²) in [4.78, 5) is 9.18. The molecule has 2 aromatic rings. The van der Waals surface area contributed by atoms with Crippen LogP contribution in [0.1, 0.15) is 88.7 Å². The van der Waals surface area contributed by atoms with Gasteiger partial charge in [-0.2, -0.15) is 0 Å². The van der Waals surface area contributed by atoms with Gasteiger partial charge < -0.3 is 19.9 Å². The summed E-state index contributed by atoms with van der Waals surface area (Å²) < 4.78 is 10.2. The molecule has 0 saturated heterocycles. The van der Waals surface area contributed by atoms with Crippen molar-refractivity contribution in [2.45, 2.75) is 97.3 Å². The van der Waals surface area contributed by atoms with Crippen LogP contribution in [0.3, 0.4) is 0 Å². The van der Waals surface area contributed by atoms with Crippen molar-refractivity contribution in [3.05, 3.63) is 70.8 Å². The molecule has 1 aliphatic rings. The molecule has 0 heterocycles. The number of β-amino-alcohol motifs (C(OH)–C–C–N with tert-alkyl or cyclic N) is 1. The third-order valence-electron chi connectivity index (χ3n) is 7.07. The van der Waals surface area contributed by atoms with Gasteiger partial charge in [0, 0.05) is 12.1 Å². The lowest BCUT2D eigenvalue weighted by atomic mass is 9.88. The molecule has 5 nitrogen and oxygen atoms in total. The van der Waals surface area contributed by atoms with E-state index >= 15 is 0 Å². The Bertz CT molecular complexity index is 888. The number of nitrogens with one attached hydrogen (secondary N) is 1. The number of fused-ring (bicyclic) bond motifs is 1. The van der Waals surface area contributed by atoms with Gasteiger partial charge in [0.05, 0.1) is 25.4 Å². The standard InChI is InChI=1S/C29H43NO2.C3H6O2/c1-5-6-7-12-24-13-10-11-16-28(24)22(2)32-21-27(31)20-30-29(3,4)19-23-17-25-14-8-9-15-26(25)18-23;1-2-5-3-4/h8-11,13-16,22-23,27,30-31H,5-7,12,17-21H2,1-4H3;3H,2H2,1H3. The van der Waals surface area contributed by atoms with Crippen LogP contribution in [0.5, 0.6) is 0 Å². The first-order valence-corrected chi connectivity index (χ1v) is 14.0. The summed E-state index contributed by atoms with van der Waals surface area (Å²) in [5.41, 5.74) is 5.63. The van der Waals surface area contributed by atoms with Crippen molar-refractivity contribution >= 4 is 6.47 Å². The second-order valence-electron chi connectivity index (χ2n) is 10.8. The van der Waals surface area contributed by atoms with E-state index in [-0.39, 0.29) is 11.6 Å². The van der Waals surface area contributed by atoms with E-state index in [1.54, 1.807) is 6.92 Å². The number of unbranched alkanes of at least 4 members (excludes halogenated alkanes) is 2. The van der Waals surface area contributed by atoms with Crippen LogP contribution in [0, 0.1) is 5.92 Å². The van der Waals surface area contributed by atoms with E-state index in [4.69, 9.17) is 4.74 Å². The zero-order valence-corrected chi connectivity index (χ0v) is 23.7. The van der Waals surface area contributed by atoms with Gasteiger partial charge in [0.15, 0.2) is 0 Å². The highest BCUT2D eigenvalue weighted by Crippen LogP contribution is 2.32. The molecule has 2 aromatic carbocycles. The summed E-state index contributed by atoms with van der Waals surface area (Å²) in [6.45, 7) is 12.4. The van der Waals surface area contributed by atoms with Crippen molar-refractivity contribution in [2.24, 2.45) is 5.92 Å². The van der Waals surface area contributed by atoms with E-state index < -0.39 is 6.10 Å². The number of benzene rings is 2. The van der Waals surface area contributed by atoms with Crippen LogP contribution in [0.4, 0.5) is 0 Å². The molecule has 2 atom stereocenters. The molecule has 3 rings (SSSR count). The van der Waals surface area contributed by atoms with Gasteiger partial charge in [-0.3, -0.25) is 4.79 Å². The van der Waals surface area contributed by atoms with Gasteiger partial charge in [-0.15, -0.1) is 0 Å². The lowest BCUT2D eigenvalue weighted by Crippen LogP contribution is -2.45. The molecule has 1 aliphatic carbocycles. The molecule has 0 saturated carbocycles. The number of aliphatic hydroxyl groups is 1. The summed E-state index contributed by atoms with van der Waals surface area (Å²) in [5.74, 6) is 0.674. The van der Waals surface area contributed by atoms with Crippen molar-refractivity contribution < 1.29 is 19.4 Å². The number of aliphatic hydroxyl groups excluding tert-OH is 1. The number of hydrogen-bond donors (Lipinski definition) is 2. The molecule has 0 spiro atoms. The normalized spacial score (nSPS) is 14.9. The molecule has 0 aliphatic heterocycles. The van der Waals surface area contributed by atoms with Gasteiger partial charge >= 0.3 is 0 Å². The average Bonchev–Trinajstić information content (AvgIpc) is 3.29. The summed E-state index contributed by atoms with van der Waals surface area (Å²) in [7, 11) is 0. The highest BCUT2D eigenvalue weighted by Gasteiger charge is 2.28. The predicted octanol–water partition coefficient (Wildman–Crippen LogP) is 6.21. The zero-order chi connectivity index (χ0) is 27.1. The third kappa shape index (κ3) is 11.4. The first-order chi connectivity index (χ1) is 17.8. The van der Waals surface area contributed by atoms with Crippen LogP contribution in [0.25, 0.3) is 0 Å². The highest BCUT2D eigenvalue weighted by atomic mass is 16.5. The van der Waals surface area contributed by atoms with Gasteiger partial charge in [0.25, 0.3) is 6.47 Å². The molecule has 0 aromatic heterocycles. The van der Waals surface area contributed by atoms with E-state index in [9.17, 15) is 9.90 Å². The summed E-state index contributed by atoms with van der Waals surface area (Å²) in [6.07, 6.45) is 7.74. The molecule has 0 fully saturated rings. The van der Waals surface area contributed by atoms with E-state index in [1.165, 1.54) is 54.4 Å². The number of hydrogen-bond acceptors (Lipinski definition) is 5. The fourth-order valence-electron chi connectivity index (χ4n) is 5.18. The van der Waals surface area contributed by atoms with Crippen molar-refractivity contribution in [3.63, 3.8) is 0 Å². The predicted molar refractivity (Wildman–Crippen MR) is 152 cm³/mol. The largest absolute Gasteiger partial charge is 0.468 e. The molecule has 0 radical (unpaired) electrons. The number of carbonyl (C=O) groups is 1. The molecule has 2 unspecified atom stereocenters. The average molecular weight is 512 g/mol. The molecule has 206 valence electrons. The molecule has 37 heavy (non-hydrogen) atoms. The van der Waals surface area contributed by atoms with Gasteiger partial charge in [-0.1, -0.05) is 68.3 Å². The highest BCUT2D eigenvalue weighted by molar-refractivity contribution is 5.36. The number of rotatable bonds is 15.